The van der Waals surface area contributed by atoms with Crippen LogP contribution in [-0.2, 0) is 9.53 Å². The van der Waals surface area contributed by atoms with Crippen molar-refractivity contribution < 1.29 is 35.1 Å². The van der Waals surface area contributed by atoms with Crippen LogP contribution in [-0.4, -0.2) is 69.1 Å². The molecule has 0 aromatic rings. The molecule has 4 unspecified atom stereocenters. The van der Waals surface area contributed by atoms with Crippen molar-refractivity contribution in [2.75, 3.05) is 13.2 Å². The van der Waals surface area contributed by atoms with Crippen LogP contribution in [0.1, 0.15) is 100 Å². The molecule has 7 nitrogen and oxygen atoms in total. The van der Waals surface area contributed by atoms with Gasteiger partial charge in [-0.1, -0.05) is 59.3 Å². The Labute approximate surface area is 252 Å². The Morgan fingerprint density at radius 2 is 1.62 bits per heavy atom. The average molecular weight is 589 g/mol. The van der Waals surface area contributed by atoms with Gasteiger partial charge in [-0.2, -0.15) is 0 Å². The van der Waals surface area contributed by atoms with Crippen molar-refractivity contribution in [3.63, 3.8) is 0 Å². The number of ether oxygens (including phenoxy) is 1. The Balaban J connectivity index is 1.58. The Morgan fingerprint density at radius 1 is 0.952 bits per heavy atom. The van der Waals surface area contributed by atoms with Crippen molar-refractivity contribution in [2.24, 2.45) is 50.2 Å². The van der Waals surface area contributed by atoms with Crippen molar-refractivity contribution in [3.8, 4) is 0 Å². The smallest absolute Gasteiger partial charge is 0.333 e. The molecule has 0 aliphatic heterocycles. The van der Waals surface area contributed by atoms with Gasteiger partial charge in [0, 0.05) is 16.4 Å². The summed E-state index contributed by atoms with van der Waals surface area (Å²) in [6.45, 7) is 16.2. The van der Waals surface area contributed by atoms with Crippen LogP contribution in [0.25, 0.3) is 0 Å². The predicted molar refractivity (Wildman–Crippen MR) is 161 cm³/mol. The largest absolute Gasteiger partial charge is 0.456 e. The van der Waals surface area contributed by atoms with Gasteiger partial charge in [-0.05, 0) is 92.8 Å². The van der Waals surface area contributed by atoms with Crippen LogP contribution in [0.2, 0.25) is 0 Å². The third-order valence-corrected chi connectivity index (χ3v) is 14.5. The zero-order valence-electron chi connectivity index (χ0n) is 27.1. The SMILES string of the molecule is C/C=C(\C)C(=O)OC1C(O)[C@]2(CO)C(O)C[C@]3(C)C(=CC[C@@H]4[C@@]5(C)CCC(O)[C@](C)(CO)[C@@H]5CC[C@]43C)[C@@H]2CC1(C)C. The van der Waals surface area contributed by atoms with Gasteiger partial charge < -0.3 is 30.3 Å². The van der Waals surface area contributed by atoms with Gasteiger partial charge in [-0.25, -0.2) is 4.79 Å². The number of esters is 1. The summed E-state index contributed by atoms with van der Waals surface area (Å²) in [4.78, 5) is 12.9. The van der Waals surface area contributed by atoms with Gasteiger partial charge in [0.2, 0.25) is 0 Å². The number of carbonyl (C=O) groups is 1. The highest BCUT2D eigenvalue weighted by atomic mass is 16.6. The molecule has 7 heteroatoms. The van der Waals surface area contributed by atoms with E-state index >= 15 is 0 Å². The standard InChI is InChI=1S/C35H56O7/c1-9-20(2)29(41)42-28-27(40)35(19-37)22(16-30(28,3)4)21-10-11-24-31(5)14-13-25(38)32(6,18-36)23(31)12-15-33(24,7)34(21,8)17-26(35)39/h9-10,22-28,36-40H,11-19H2,1-8H3/b20-9+/t22-,23+,24+,25?,26?,27?,28?,31-,32+,33+,34+,35-/m0/s1. The third-order valence-electron chi connectivity index (χ3n) is 14.5. The second kappa shape index (κ2) is 10.1. The van der Waals surface area contributed by atoms with E-state index in [9.17, 15) is 30.3 Å². The first kappa shape index (κ1) is 32.2. The fourth-order valence-corrected chi connectivity index (χ4v) is 11.5. The highest BCUT2D eigenvalue weighted by molar-refractivity contribution is 5.87. The van der Waals surface area contributed by atoms with Gasteiger partial charge in [-0.3, -0.25) is 0 Å². The minimum atomic E-state index is -1.23. The van der Waals surface area contributed by atoms with E-state index in [1.165, 1.54) is 5.57 Å². The monoisotopic (exact) mass is 588 g/mol. The van der Waals surface area contributed by atoms with Crippen molar-refractivity contribution in [2.45, 2.75) is 125 Å². The second-order valence-corrected chi connectivity index (χ2v) is 16.5. The van der Waals surface area contributed by atoms with Crippen LogP contribution in [0.15, 0.2) is 23.3 Å². The summed E-state index contributed by atoms with van der Waals surface area (Å²) in [5.74, 6) is -0.241. The zero-order chi connectivity index (χ0) is 31.3. The molecule has 5 aliphatic carbocycles. The Kier molecular flexibility index (Phi) is 7.76. The number of rotatable bonds is 4. The predicted octanol–water partition coefficient (Wildman–Crippen LogP) is 4.54. The Hall–Kier alpha value is -1.25. The molecule has 0 amide bonds. The lowest BCUT2D eigenvalue weighted by Crippen LogP contribution is -2.72. The molecule has 0 bridgehead atoms. The van der Waals surface area contributed by atoms with Crippen LogP contribution in [0.4, 0.5) is 0 Å². The molecule has 0 spiro atoms. The topological polar surface area (TPSA) is 127 Å². The van der Waals surface area contributed by atoms with E-state index in [1.807, 2.05) is 13.8 Å². The molecule has 4 saturated carbocycles. The highest BCUT2D eigenvalue weighted by Gasteiger charge is 2.72. The van der Waals surface area contributed by atoms with E-state index in [1.54, 1.807) is 19.9 Å². The highest BCUT2D eigenvalue weighted by Crippen LogP contribution is 2.75. The van der Waals surface area contributed by atoms with Crippen LogP contribution in [0.3, 0.4) is 0 Å². The van der Waals surface area contributed by atoms with E-state index in [0.29, 0.717) is 30.8 Å². The van der Waals surface area contributed by atoms with Crippen molar-refractivity contribution in [1.29, 1.82) is 0 Å². The number of carbonyl (C=O) groups excluding carboxylic acids is 1. The summed E-state index contributed by atoms with van der Waals surface area (Å²) in [6.07, 6.45) is 5.72. The van der Waals surface area contributed by atoms with Crippen molar-refractivity contribution >= 4 is 5.97 Å². The Bertz CT molecular complexity index is 1160. The van der Waals surface area contributed by atoms with E-state index in [-0.39, 0.29) is 34.7 Å². The number of hydrogen-bond donors (Lipinski definition) is 5. The molecule has 5 rings (SSSR count). The fourth-order valence-electron chi connectivity index (χ4n) is 11.5. The van der Waals surface area contributed by atoms with Crippen LogP contribution >= 0.6 is 0 Å². The summed E-state index contributed by atoms with van der Waals surface area (Å²) in [7, 11) is 0. The maximum absolute atomic E-state index is 12.9. The molecule has 5 aliphatic rings. The number of aliphatic hydroxyl groups is 5. The van der Waals surface area contributed by atoms with E-state index in [4.69, 9.17) is 4.74 Å². The average Bonchev–Trinajstić information content (AvgIpc) is 2.93. The number of fused-ring (bicyclic) bond motifs is 7. The van der Waals surface area contributed by atoms with Gasteiger partial charge in [-0.15, -0.1) is 0 Å². The molecule has 238 valence electrons. The minimum Gasteiger partial charge on any atom is -0.456 e. The summed E-state index contributed by atoms with van der Waals surface area (Å²) in [5, 5.41) is 56.6. The number of aliphatic hydroxyl groups excluding tert-OH is 5. The first-order chi connectivity index (χ1) is 19.4. The van der Waals surface area contributed by atoms with Gasteiger partial charge in [0.1, 0.15) is 12.2 Å². The van der Waals surface area contributed by atoms with Crippen LogP contribution in [0.5, 0.6) is 0 Å². The molecule has 0 aromatic carbocycles. The lowest BCUT2D eigenvalue weighted by Gasteiger charge is -2.72. The molecule has 4 fully saturated rings. The summed E-state index contributed by atoms with van der Waals surface area (Å²) < 4.78 is 5.93. The van der Waals surface area contributed by atoms with E-state index in [0.717, 1.165) is 25.7 Å². The molecule has 0 heterocycles. The van der Waals surface area contributed by atoms with Crippen LogP contribution in [0, 0.1) is 50.2 Å². The van der Waals surface area contributed by atoms with Gasteiger partial charge in [0.15, 0.2) is 0 Å². The second-order valence-electron chi connectivity index (χ2n) is 16.5. The van der Waals surface area contributed by atoms with Crippen LogP contribution < -0.4 is 0 Å². The first-order valence-electron chi connectivity index (χ1n) is 16.2. The normalized spacial score (nSPS) is 51.8. The molecule has 0 aromatic heterocycles. The minimum absolute atomic E-state index is 0.0255. The lowest BCUT2D eigenvalue weighted by atomic mass is 9.33. The molecule has 0 radical (unpaired) electrons. The molecule has 5 N–H and O–H groups in total. The van der Waals surface area contributed by atoms with Gasteiger partial charge in [0.25, 0.3) is 0 Å². The number of allylic oxidation sites excluding steroid dienone is 3. The first-order valence-corrected chi connectivity index (χ1v) is 16.2. The lowest BCUT2D eigenvalue weighted by molar-refractivity contribution is -0.262. The van der Waals surface area contributed by atoms with E-state index in [2.05, 4.69) is 33.8 Å². The number of hydrogen-bond acceptors (Lipinski definition) is 7. The molecular formula is C35H56O7. The summed E-state index contributed by atoms with van der Waals surface area (Å²) >= 11 is 0. The molecular weight excluding hydrogens is 532 g/mol. The quantitative estimate of drug-likeness (QED) is 0.185. The van der Waals surface area contributed by atoms with E-state index < -0.39 is 53.2 Å². The van der Waals surface area contributed by atoms with Crippen molar-refractivity contribution in [1.82, 2.24) is 0 Å². The van der Waals surface area contributed by atoms with Crippen molar-refractivity contribution in [3.05, 3.63) is 23.3 Å². The Morgan fingerprint density at radius 3 is 2.21 bits per heavy atom. The van der Waals surface area contributed by atoms with Gasteiger partial charge >= 0.3 is 5.97 Å². The zero-order valence-corrected chi connectivity index (χ0v) is 27.1. The summed E-state index contributed by atoms with van der Waals surface area (Å²) in [5.41, 5.74) is -1.25. The third kappa shape index (κ3) is 3.92. The fraction of sp³-hybridized carbons (Fsp3) is 0.857. The molecule has 0 saturated heterocycles. The molecule has 12 atom stereocenters. The summed E-state index contributed by atoms with van der Waals surface area (Å²) in [6, 6.07) is 0. The molecule has 42 heavy (non-hydrogen) atoms. The maximum Gasteiger partial charge on any atom is 0.333 e. The van der Waals surface area contributed by atoms with Gasteiger partial charge in [0.05, 0.1) is 30.8 Å². The maximum atomic E-state index is 12.9.